The monoisotopic (exact) mass is 507 g/mol. The summed E-state index contributed by atoms with van der Waals surface area (Å²) in [6.07, 6.45) is 1.72. The molecule has 2 rings (SSSR count). The van der Waals surface area contributed by atoms with Crippen molar-refractivity contribution < 1.29 is 27.1 Å². The van der Waals surface area contributed by atoms with E-state index in [2.05, 4.69) is 5.32 Å². The number of sulfonamides is 1. The minimum absolute atomic E-state index is 0.00108. The van der Waals surface area contributed by atoms with Gasteiger partial charge in [-0.15, -0.1) is 0 Å². The van der Waals surface area contributed by atoms with Crippen LogP contribution in [0.1, 0.15) is 39.7 Å². The van der Waals surface area contributed by atoms with Gasteiger partial charge in [0.25, 0.3) is 0 Å². The molecule has 2 aromatic rings. The topological polar surface area (TPSA) is 96.0 Å². The van der Waals surface area contributed by atoms with E-state index in [9.17, 15) is 22.4 Å². The molecule has 0 aliphatic carbocycles. The highest BCUT2D eigenvalue weighted by Crippen LogP contribution is 2.30. The van der Waals surface area contributed by atoms with Crippen molar-refractivity contribution in [2.45, 2.75) is 52.7 Å². The Labute approximate surface area is 207 Å². The summed E-state index contributed by atoms with van der Waals surface area (Å²) in [4.78, 5) is 27.7. The summed E-state index contributed by atoms with van der Waals surface area (Å²) >= 11 is 0. The van der Waals surface area contributed by atoms with Gasteiger partial charge in [0.15, 0.2) is 0 Å². The van der Waals surface area contributed by atoms with Crippen LogP contribution in [0.4, 0.5) is 10.1 Å². The molecule has 2 atom stereocenters. The summed E-state index contributed by atoms with van der Waals surface area (Å²) in [5, 5.41) is 2.86. The molecule has 8 nitrogen and oxygen atoms in total. The number of halogens is 1. The second-order valence-electron chi connectivity index (χ2n) is 8.31. The fourth-order valence-corrected chi connectivity index (χ4v) is 4.22. The van der Waals surface area contributed by atoms with Crippen LogP contribution in [0.25, 0.3) is 0 Å². The molecule has 0 aromatic heterocycles. The van der Waals surface area contributed by atoms with Crippen molar-refractivity contribution in [3.05, 3.63) is 59.9 Å². The largest absolute Gasteiger partial charge is 0.492 e. The van der Waals surface area contributed by atoms with Crippen molar-refractivity contribution in [1.29, 1.82) is 0 Å². The average Bonchev–Trinajstić information content (AvgIpc) is 2.81. The Hall–Kier alpha value is -3.14. The molecule has 1 N–H and O–H groups in total. The quantitative estimate of drug-likeness (QED) is 0.476. The van der Waals surface area contributed by atoms with Crippen molar-refractivity contribution in [2.24, 2.45) is 0 Å². The number of amides is 2. The van der Waals surface area contributed by atoms with E-state index >= 15 is 0 Å². The molecular formula is C25H34FN3O5S. The van der Waals surface area contributed by atoms with Crippen molar-refractivity contribution in [3.63, 3.8) is 0 Å². The van der Waals surface area contributed by atoms with E-state index in [1.54, 1.807) is 38.1 Å². The fourth-order valence-electron chi connectivity index (χ4n) is 3.37. The van der Waals surface area contributed by atoms with E-state index in [0.717, 1.165) is 10.6 Å². The molecule has 0 spiro atoms. The third kappa shape index (κ3) is 7.95. The van der Waals surface area contributed by atoms with Gasteiger partial charge >= 0.3 is 0 Å². The second kappa shape index (κ2) is 12.5. The molecule has 0 aliphatic rings. The molecule has 0 bridgehead atoms. The van der Waals surface area contributed by atoms with E-state index in [1.807, 2.05) is 13.8 Å². The zero-order chi connectivity index (χ0) is 26.2. The lowest BCUT2D eigenvalue weighted by Crippen LogP contribution is -2.52. The number of hydrogen-bond acceptors (Lipinski definition) is 5. The van der Waals surface area contributed by atoms with Crippen molar-refractivity contribution in [1.82, 2.24) is 10.2 Å². The number of anilines is 1. The van der Waals surface area contributed by atoms with Gasteiger partial charge in [-0.3, -0.25) is 13.9 Å². The highest BCUT2D eigenvalue weighted by molar-refractivity contribution is 7.92. The maximum Gasteiger partial charge on any atom is 0.244 e. The average molecular weight is 508 g/mol. The Morgan fingerprint density at radius 1 is 1.06 bits per heavy atom. The summed E-state index contributed by atoms with van der Waals surface area (Å²) in [7, 11) is -3.88. The fraction of sp³-hybridized carbons (Fsp3) is 0.440. The van der Waals surface area contributed by atoms with E-state index in [4.69, 9.17) is 4.74 Å². The first kappa shape index (κ1) is 28.1. The molecule has 0 saturated heterocycles. The van der Waals surface area contributed by atoms with Crippen LogP contribution in [0.3, 0.4) is 0 Å². The third-order valence-corrected chi connectivity index (χ3v) is 6.67. The number of nitrogens with zero attached hydrogens (tertiary/aromatic N) is 2. The van der Waals surface area contributed by atoms with Crippen LogP contribution in [-0.4, -0.2) is 56.6 Å². The number of nitrogens with one attached hydrogen (secondary N) is 1. The highest BCUT2D eigenvalue weighted by atomic mass is 32.2. The Morgan fingerprint density at radius 3 is 2.26 bits per heavy atom. The van der Waals surface area contributed by atoms with Gasteiger partial charge in [0.05, 0.1) is 18.6 Å². The van der Waals surface area contributed by atoms with Gasteiger partial charge in [0.1, 0.15) is 24.2 Å². The van der Waals surface area contributed by atoms with E-state index in [-0.39, 0.29) is 24.2 Å². The van der Waals surface area contributed by atoms with Crippen LogP contribution >= 0.6 is 0 Å². The van der Waals surface area contributed by atoms with E-state index in [1.165, 1.54) is 29.2 Å². The molecule has 10 heteroatoms. The van der Waals surface area contributed by atoms with Gasteiger partial charge in [0, 0.05) is 12.6 Å². The number of ether oxygens (including phenoxy) is 1. The molecule has 2 aromatic carbocycles. The van der Waals surface area contributed by atoms with Crippen molar-refractivity contribution in [3.8, 4) is 5.75 Å². The van der Waals surface area contributed by atoms with Gasteiger partial charge in [-0.25, -0.2) is 12.8 Å². The Morgan fingerprint density at radius 2 is 1.69 bits per heavy atom. The van der Waals surface area contributed by atoms with Crippen LogP contribution in [-0.2, 0) is 26.2 Å². The normalized spacial score (nSPS) is 13.0. The minimum Gasteiger partial charge on any atom is -0.492 e. The molecule has 192 valence electrons. The van der Waals surface area contributed by atoms with E-state index in [0.29, 0.717) is 24.3 Å². The summed E-state index contributed by atoms with van der Waals surface area (Å²) in [5.74, 6) is -1.06. The number of carbonyl (C=O) groups is 2. The molecule has 35 heavy (non-hydrogen) atoms. The molecule has 0 heterocycles. The van der Waals surface area contributed by atoms with Crippen LogP contribution in [0.5, 0.6) is 5.75 Å². The van der Waals surface area contributed by atoms with Crippen molar-refractivity contribution >= 4 is 27.5 Å². The van der Waals surface area contributed by atoms with Gasteiger partial charge in [-0.2, -0.15) is 0 Å². The predicted molar refractivity (Wildman–Crippen MR) is 134 cm³/mol. The molecule has 0 aliphatic heterocycles. The smallest absolute Gasteiger partial charge is 0.244 e. The van der Waals surface area contributed by atoms with Crippen LogP contribution in [0, 0.1) is 5.82 Å². The maximum atomic E-state index is 13.5. The Kier molecular flexibility index (Phi) is 10.1. The number of carbonyl (C=O) groups excluding carboxylic acids is 2. The summed E-state index contributed by atoms with van der Waals surface area (Å²) in [5.41, 5.74) is 0.826. The molecule has 2 unspecified atom stereocenters. The van der Waals surface area contributed by atoms with Gasteiger partial charge in [-0.1, -0.05) is 31.2 Å². The first-order valence-corrected chi connectivity index (χ1v) is 13.4. The maximum absolute atomic E-state index is 13.5. The standard InChI is InChI=1S/C25H34FN3O5S/c1-6-18(3)27-25(31)19(4)28(16-20-12-14-21(26)15-13-20)24(30)17-29(35(5,32)33)22-10-8-9-11-23(22)34-7-2/h8-15,18-19H,6-7,16-17H2,1-5H3,(H,27,31). The summed E-state index contributed by atoms with van der Waals surface area (Å²) < 4.78 is 45.4. The molecule has 0 saturated carbocycles. The number of para-hydroxylation sites is 2. The first-order chi connectivity index (χ1) is 16.5. The molecule has 0 fully saturated rings. The lowest BCUT2D eigenvalue weighted by atomic mass is 10.1. The lowest BCUT2D eigenvalue weighted by Gasteiger charge is -2.32. The zero-order valence-corrected chi connectivity index (χ0v) is 21.6. The van der Waals surface area contributed by atoms with Gasteiger partial charge < -0.3 is 15.0 Å². The summed E-state index contributed by atoms with van der Waals surface area (Å²) in [6, 6.07) is 11.1. The second-order valence-corrected chi connectivity index (χ2v) is 10.2. The zero-order valence-electron chi connectivity index (χ0n) is 20.8. The Balaban J connectivity index is 2.42. The van der Waals surface area contributed by atoms with Crippen molar-refractivity contribution in [2.75, 3.05) is 23.7 Å². The third-order valence-electron chi connectivity index (χ3n) is 5.55. The van der Waals surface area contributed by atoms with Crippen LogP contribution in [0.2, 0.25) is 0 Å². The van der Waals surface area contributed by atoms with E-state index < -0.39 is 34.3 Å². The highest BCUT2D eigenvalue weighted by Gasteiger charge is 2.31. The number of rotatable bonds is 12. The molecule has 0 radical (unpaired) electrons. The first-order valence-electron chi connectivity index (χ1n) is 11.5. The van der Waals surface area contributed by atoms with Gasteiger partial charge in [-0.05, 0) is 57.0 Å². The summed E-state index contributed by atoms with van der Waals surface area (Å²) in [6.45, 7) is 6.91. The lowest BCUT2D eigenvalue weighted by molar-refractivity contribution is -0.139. The van der Waals surface area contributed by atoms with Crippen LogP contribution in [0.15, 0.2) is 48.5 Å². The predicted octanol–water partition coefficient (Wildman–Crippen LogP) is 3.32. The molecular weight excluding hydrogens is 473 g/mol. The number of benzene rings is 2. The van der Waals surface area contributed by atoms with Crippen LogP contribution < -0.4 is 14.4 Å². The molecule has 2 amide bonds. The Bertz CT molecular complexity index is 1110. The number of hydrogen-bond donors (Lipinski definition) is 1. The van der Waals surface area contributed by atoms with Gasteiger partial charge in [0.2, 0.25) is 21.8 Å². The minimum atomic E-state index is -3.88. The SMILES string of the molecule is CCOc1ccccc1N(CC(=O)N(Cc1ccc(F)cc1)C(C)C(=O)NC(C)CC)S(C)(=O)=O.